The third-order valence-electron chi connectivity index (χ3n) is 2.09. The van der Waals surface area contributed by atoms with Crippen LogP contribution in [0.5, 0.6) is 5.75 Å². The van der Waals surface area contributed by atoms with E-state index >= 15 is 0 Å². The van der Waals surface area contributed by atoms with Crippen LogP contribution < -0.4 is 10.5 Å². The van der Waals surface area contributed by atoms with E-state index in [1.165, 1.54) is 7.11 Å². The summed E-state index contributed by atoms with van der Waals surface area (Å²) in [4.78, 5) is 10.5. The van der Waals surface area contributed by atoms with E-state index in [4.69, 9.17) is 15.6 Å². The average molecular weight is 211 g/mol. The van der Waals surface area contributed by atoms with E-state index in [1.807, 2.05) is 0 Å². The largest absolute Gasteiger partial charge is 0.497 e. The molecule has 0 spiro atoms. The Morgan fingerprint density at radius 1 is 1.40 bits per heavy atom. The van der Waals surface area contributed by atoms with Gasteiger partial charge < -0.3 is 20.7 Å². The summed E-state index contributed by atoms with van der Waals surface area (Å²) in [6.45, 7) is 0. The fourth-order valence-electron chi connectivity index (χ4n) is 1.16. The Bertz CT molecular complexity index is 336. The molecular weight excluding hydrogens is 198 g/mol. The summed E-state index contributed by atoms with van der Waals surface area (Å²) in [7, 11) is 1.53. The molecule has 0 saturated carbocycles. The summed E-state index contributed by atoms with van der Waals surface area (Å²) in [5.41, 5.74) is 6.11. The van der Waals surface area contributed by atoms with Gasteiger partial charge in [-0.15, -0.1) is 0 Å². The minimum absolute atomic E-state index is 0.547. The normalized spacial score (nSPS) is 14.3. The number of hydrogen-bond donors (Lipinski definition) is 3. The van der Waals surface area contributed by atoms with Gasteiger partial charge in [0.1, 0.15) is 5.75 Å². The van der Waals surface area contributed by atoms with E-state index in [9.17, 15) is 9.90 Å². The number of carboxylic acid groups (broad SMARTS) is 1. The molecule has 82 valence electrons. The van der Waals surface area contributed by atoms with Crippen molar-refractivity contribution < 1.29 is 19.7 Å². The third-order valence-corrected chi connectivity index (χ3v) is 2.09. The predicted octanol–water partition coefficient (Wildman–Crippen LogP) is 0.140. The van der Waals surface area contributed by atoms with Crippen molar-refractivity contribution in [2.45, 2.75) is 12.1 Å². The lowest BCUT2D eigenvalue weighted by molar-refractivity contribution is -0.147. The fourth-order valence-corrected chi connectivity index (χ4v) is 1.16. The van der Waals surface area contributed by atoms with Crippen LogP contribution in [0.1, 0.15) is 11.6 Å². The van der Waals surface area contributed by atoms with Crippen molar-refractivity contribution in [1.29, 1.82) is 0 Å². The maximum Gasteiger partial charge on any atom is 0.334 e. The summed E-state index contributed by atoms with van der Waals surface area (Å²) in [5.74, 6) is -0.686. The molecule has 15 heavy (non-hydrogen) atoms. The van der Waals surface area contributed by atoms with Gasteiger partial charge in [-0.3, -0.25) is 0 Å². The van der Waals surface area contributed by atoms with Crippen LogP contribution in [-0.4, -0.2) is 29.4 Å². The van der Waals surface area contributed by atoms with E-state index in [0.29, 0.717) is 11.3 Å². The van der Waals surface area contributed by atoms with Crippen LogP contribution in [0.15, 0.2) is 24.3 Å². The molecule has 0 aliphatic rings. The molecule has 5 heteroatoms. The minimum atomic E-state index is -1.60. The molecule has 0 fully saturated rings. The van der Waals surface area contributed by atoms with Crippen molar-refractivity contribution in [3.8, 4) is 5.75 Å². The summed E-state index contributed by atoms with van der Waals surface area (Å²) in [6, 6.07) is 5.62. The first kappa shape index (κ1) is 11.5. The van der Waals surface area contributed by atoms with Crippen LogP contribution in [0.25, 0.3) is 0 Å². The van der Waals surface area contributed by atoms with Crippen LogP contribution in [0.3, 0.4) is 0 Å². The second kappa shape index (κ2) is 4.77. The second-order valence-electron chi connectivity index (χ2n) is 3.08. The number of aliphatic hydroxyl groups excluding tert-OH is 1. The lowest BCUT2D eigenvalue weighted by atomic mass is 10.0. The van der Waals surface area contributed by atoms with Gasteiger partial charge in [-0.25, -0.2) is 4.79 Å². The number of hydrogen-bond acceptors (Lipinski definition) is 4. The molecular formula is C10H13NO4. The highest BCUT2D eigenvalue weighted by atomic mass is 16.5. The highest BCUT2D eigenvalue weighted by molar-refractivity contribution is 5.73. The van der Waals surface area contributed by atoms with Gasteiger partial charge in [0.05, 0.1) is 13.2 Å². The molecule has 0 aliphatic carbocycles. The monoisotopic (exact) mass is 211 g/mol. The van der Waals surface area contributed by atoms with Gasteiger partial charge in [0.2, 0.25) is 0 Å². The van der Waals surface area contributed by atoms with Gasteiger partial charge in [0.15, 0.2) is 6.10 Å². The lowest BCUT2D eigenvalue weighted by Gasteiger charge is -2.15. The smallest absolute Gasteiger partial charge is 0.334 e. The molecule has 5 nitrogen and oxygen atoms in total. The van der Waals surface area contributed by atoms with Crippen molar-refractivity contribution in [3.05, 3.63) is 29.8 Å². The van der Waals surface area contributed by atoms with Crippen molar-refractivity contribution in [2.75, 3.05) is 7.11 Å². The first-order valence-electron chi connectivity index (χ1n) is 4.36. The molecule has 0 amide bonds. The molecule has 1 aromatic rings. The summed E-state index contributed by atoms with van der Waals surface area (Å²) in [6.07, 6.45) is -1.60. The number of carbonyl (C=O) groups is 1. The van der Waals surface area contributed by atoms with Gasteiger partial charge in [0, 0.05) is 0 Å². The van der Waals surface area contributed by atoms with Gasteiger partial charge in [-0.05, 0) is 17.7 Å². The number of methoxy groups -OCH3 is 1. The van der Waals surface area contributed by atoms with Gasteiger partial charge in [0.25, 0.3) is 0 Å². The molecule has 4 N–H and O–H groups in total. The molecule has 0 aliphatic heterocycles. The second-order valence-corrected chi connectivity index (χ2v) is 3.08. The zero-order chi connectivity index (χ0) is 11.4. The summed E-state index contributed by atoms with van der Waals surface area (Å²) >= 11 is 0. The van der Waals surface area contributed by atoms with Crippen molar-refractivity contribution in [1.82, 2.24) is 0 Å². The first-order chi connectivity index (χ1) is 7.06. The molecule has 1 rings (SSSR count). The summed E-state index contributed by atoms with van der Waals surface area (Å²) < 4.78 is 4.94. The Hall–Kier alpha value is -1.59. The summed E-state index contributed by atoms with van der Waals surface area (Å²) in [5, 5.41) is 17.8. The number of carboxylic acids is 1. The Morgan fingerprint density at radius 2 is 1.93 bits per heavy atom. The molecule has 2 atom stereocenters. The number of ether oxygens (including phenoxy) is 1. The quantitative estimate of drug-likeness (QED) is 0.658. The molecule has 0 unspecified atom stereocenters. The Morgan fingerprint density at radius 3 is 2.33 bits per heavy atom. The first-order valence-corrected chi connectivity index (χ1v) is 4.36. The number of rotatable bonds is 4. The SMILES string of the molecule is COc1ccc([C@H](N)[C@@H](O)C(=O)O)cc1. The zero-order valence-corrected chi connectivity index (χ0v) is 8.25. The highest BCUT2D eigenvalue weighted by Gasteiger charge is 2.23. The zero-order valence-electron chi connectivity index (χ0n) is 8.25. The van der Waals surface area contributed by atoms with Gasteiger partial charge in [-0.2, -0.15) is 0 Å². The number of benzene rings is 1. The van der Waals surface area contributed by atoms with E-state index in [0.717, 1.165) is 0 Å². The number of nitrogens with two attached hydrogens (primary N) is 1. The van der Waals surface area contributed by atoms with Crippen LogP contribution >= 0.6 is 0 Å². The Kier molecular flexibility index (Phi) is 3.65. The standard InChI is InChI=1S/C10H13NO4/c1-15-7-4-2-6(3-5-7)8(11)9(12)10(13)14/h2-5,8-9,12H,11H2,1H3,(H,13,14)/t8-,9+/m0/s1. The van der Waals surface area contributed by atoms with E-state index < -0.39 is 18.1 Å². The molecule has 1 aromatic carbocycles. The number of aliphatic hydroxyl groups is 1. The molecule has 0 saturated heterocycles. The molecule has 0 radical (unpaired) electrons. The molecule has 0 aromatic heterocycles. The maximum absolute atomic E-state index is 10.5. The van der Waals surface area contributed by atoms with Crippen LogP contribution in [0.2, 0.25) is 0 Å². The topological polar surface area (TPSA) is 92.8 Å². The van der Waals surface area contributed by atoms with Gasteiger partial charge in [-0.1, -0.05) is 12.1 Å². The lowest BCUT2D eigenvalue weighted by Crippen LogP contribution is -2.33. The van der Waals surface area contributed by atoms with Gasteiger partial charge >= 0.3 is 5.97 Å². The van der Waals surface area contributed by atoms with E-state index in [1.54, 1.807) is 24.3 Å². The maximum atomic E-state index is 10.5. The van der Waals surface area contributed by atoms with Crippen LogP contribution in [0, 0.1) is 0 Å². The highest BCUT2D eigenvalue weighted by Crippen LogP contribution is 2.18. The Balaban J connectivity index is 2.82. The van der Waals surface area contributed by atoms with Crippen molar-refractivity contribution in [2.24, 2.45) is 5.73 Å². The third kappa shape index (κ3) is 2.68. The molecule has 0 bridgehead atoms. The average Bonchev–Trinajstić information content (AvgIpc) is 2.27. The molecule has 0 heterocycles. The van der Waals surface area contributed by atoms with E-state index in [-0.39, 0.29) is 0 Å². The van der Waals surface area contributed by atoms with Crippen molar-refractivity contribution >= 4 is 5.97 Å². The van der Waals surface area contributed by atoms with Crippen molar-refractivity contribution in [3.63, 3.8) is 0 Å². The predicted molar refractivity (Wildman–Crippen MR) is 53.6 cm³/mol. The van der Waals surface area contributed by atoms with Crippen LogP contribution in [0.4, 0.5) is 0 Å². The number of aliphatic carboxylic acids is 1. The van der Waals surface area contributed by atoms with E-state index in [2.05, 4.69) is 0 Å². The minimum Gasteiger partial charge on any atom is -0.497 e. The Labute approximate surface area is 87.1 Å². The fraction of sp³-hybridized carbons (Fsp3) is 0.300. The van der Waals surface area contributed by atoms with Crippen LogP contribution in [-0.2, 0) is 4.79 Å².